The Morgan fingerprint density at radius 3 is 2.66 bits per heavy atom. The summed E-state index contributed by atoms with van der Waals surface area (Å²) >= 11 is 0. The molecule has 0 aliphatic heterocycles. The van der Waals surface area contributed by atoms with Crippen LogP contribution in [-0.2, 0) is 0 Å². The number of aromatic nitrogens is 2. The number of halogens is 2. The number of benzene rings is 2. The number of phenols is 1. The van der Waals surface area contributed by atoms with E-state index >= 15 is 0 Å². The van der Waals surface area contributed by atoms with Gasteiger partial charge in [0.15, 0.2) is 12.1 Å². The zero-order valence-corrected chi connectivity index (χ0v) is 14.7. The van der Waals surface area contributed by atoms with Crippen molar-refractivity contribution in [3.63, 3.8) is 0 Å². The smallest absolute Gasteiger partial charge is 0.201 e. The molecule has 4 N–H and O–H groups in total. The van der Waals surface area contributed by atoms with Gasteiger partial charge in [-0.1, -0.05) is 6.07 Å². The lowest BCUT2D eigenvalue weighted by Gasteiger charge is -2.07. The fourth-order valence-corrected chi connectivity index (χ4v) is 3.08. The number of hydrogen-bond acceptors (Lipinski definition) is 5. The van der Waals surface area contributed by atoms with Crippen LogP contribution in [0.15, 0.2) is 48.8 Å². The third kappa shape index (κ3) is 3.00. The zero-order valence-electron chi connectivity index (χ0n) is 14.7. The Kier molecular flexibility index (Phi) is 4.31. The Morgan fingerprint density at radius 2 is 1.93 bits per heavy atom. The number of carbonyl (C=O) groups excluding carboxylic acids is 2. The molecular formula is C21H13F2N3O3. The van der Waals surface area contributed by atoms with Crippen molar-refractivity contribution in [1.29, 1.82) is 0 Å². The number of pyridine rings is 1. The summed E-state index contributed by atoms with van der Waals surface area (Å²) in [6, 6.07) is 8.02. The number of aromatic amines is 1. The van der Waals surface area contributed by atoms with Gasteiger partial charge in [-0.3, -0.25) is 9.59 Å². The van der Waals surface area contributed by atoms with E-state index in [1.807, 2.05) is 0 Å². The summed E-state index contributed by atoms with van der Waals surface area (Å²) < 4.78 is 28.4. The molecular weight excluding hydrogens is 380 g/mol. The molecule has 4 rings (SSSR count). The number of nitrogens with one attached hydrogen (secondary N) is 1. The number of rotatable bonds is 4. The maximum atomic E-state index is 14.3. The molecule has 0 bridgehead atoms. The number of phenolic OH excluding ortho intramolecular Hbond substituents is 1. The van der Waals surface area contributed by atoms with E-state index in [1.165, 1.54) is 24.5 Å². The monoisotopic (exact) mass is 393 g/mol. The fraction of sp³-hybridized carbons (Fsp3) is 0. The van der Waals surface area contributed by atoms with E-state index in [1.54, 1.807) is 12.1 Å². The Bertz CT molecular complexity index is 1300. The van der Waals surface area contributed by atoms with Crippen LogP contribution in [0.4, 0.5) is 14.5 Å². The van der Waals surface area contributed by atoms with Gasteiger partial charge in [-0.25, -0.2) is 13.8 Å². The highest BCUT2D eigenvalue weighted by molar-refractivity contribution is 6.16. The van der Waals surface area contributed by atoms with Gasteiger partial charge < -0.3 is 15.8 Å². The van der Waals surface area contributed by atoms with E-state index in [-0.39, 0.29) is 22.6 Å². The standard InChI is InChI=1S/C21H13F2N3O3/c22-15-3-4-16(24)19(23)18(15)20(29)14-8-26-21-13(14)5-12(7-25-21)10-1-2-11(9-27)17(28)6-10/h1-9,28H,24H2,(H,25,26). The molecule has 6 nitrogen and oxygen atoms in total. The minimum absolute atomic E-state index is 0.0199. The summed E-state index contributed by atoms with van der Waals surface area (Å²) in [6.45, 7) is 0. The summed E-state index contributed by atoms with van der Waals surface area (Å²) in [7, 11) is 0. The van der Waals surface area contributed by atoms with Crippen LogP contribution in [0.25, 0.3) is 22.2 Å². The second kappa shape index (κ2) is 6.83. The van der Waals surface area contributed by atoms with Crippen LogP contribution in [-0.4, -0.2) is 27.1 Å². The Morgan fingerprint density at radius 1 is 1.14 bits per heavy atom. The van der Waals surface area contributed by atoms with Crippen LogP contribution in [0, 0.1) is 11.6 Å². The number of H-pyrrole nitrogens is 1. The van der Waals surface area contributed by atoms with Gasteiger partial charge in [-0.15, -0.1) is 0 Å². The number of fused-ring (bicyclic) bond motifs is 1. The molecule has 0 unspecified atom stereocenters. The molecule has 4 aromatic rings. The third-order valence-corrected chi connectivity index (χ3v) is 4.61. The van der Waals surface area contributed by atoms with Crippen molar-refractivity contribution < 1.29 is 23.5 Å². The lowest BCUT2D eigenvalue weighted by Crippen LogP contribution is -2.09. The van der Waals surface area contributed by atoms with Crippen molar-refractivity contribution in [1.82, 2.24) is 9.97 Å². The van der Waals surface area contributed by atoms with Gasteiger partial charge in [-0.05, 0) is 35.9 Å². The number of nitrogen functional groups attached to an aromatic ring is 1. The third-order valence-electron chi connectivity index (χ3n) is 4.61. The summed E-state index contributed by atoms with van der Waals surface area (Å²) in [4.78, 5) is 30.7. The van der Waals surface area contributed by atoms with Crippen molar-refractivity contribution in [3.05, 3.63) is 77.1 Å². The minimum Gasteiger partial charge on any atom is -0.507 e. The zero-order chi connectivity index (χ0) is 20.7. The van der Waals surface area contributed by atoms with Crippen molar-refractivity contribution in [2.75, 3.05) is 5.73 Å². The van der Waals surface area contributed by atoms with E-state index in [0.29, 0.717) is 28.4 Å². The van der Waals surface area contributed by atoms with Crippen LogP contribution in [0.2, 0.25) is 0 Å². The maximum absolute atomic E-state index is 14.3. The molecule has 0 atom stereocenters. The molecule has 0 amide bonds. The number of nitrogens with two attached hydrogens (primary N) is 1. The topological polar surface area (TPSA) is 109 Å². The van der Waals surface area contributed by atoms with Gasteiger partial charge in [0.05, 0.1) is 16.8 Å². The Labute approximate surface area is 162 Å². The number of ketones is 1. The molecule has 8 heteroatoms. The van der Waals surface area contributed by atoms with E-state index < -0.39 is 23.0 Å². The van der Waals surface area contributed by atoms with Gasteiger partial charge in [0.25, 0.3) is 0 Å². The first-order valence-electron chi connectivity index (χ1n) is 8.44. The molecule has 2 aromatic heterocycles. The van der Waals surface area contributed by atoms with E-state index in [2.05, 4.69) is 9.97 Å². The molecule has 0 radical (unpaired) electrons. The second-order valence-electron chi connectivity index (χ2n) is 6.37. The molecule has 2 heterocycles. The van der Waals surface area contributed by atoms with E-state index in [4.69, 9.17) is 5.73 Å². The largest absolute Gasteiger partial charge is 0.507 e. The number of carbonyl (C=O) groups is 2. The first-order chi connectivity index (χ1) is 13.9. The number of hydrogen-bond donors (Lipinski definition) is 3. The molecule has 0 saturated heterocycles. The normalized spacial score (nSPS) is 11.0. The summed E-state index contributed by atoms with van der Waals surface area (Å²) in [5.74, 6) is -3.22. The highest BCUT2D eigenvalue weighted by Gasteiger charge is 2.24. The predicted molar refractivity (Wildman–Crippen MR) is 103 cm³/mol. The summed E-state index contributed by atoms with van der Waals surface area (Å²) in [5.41, 5.74) is 5.96. The Balaban J connectivity index is 1.85. The molecule has 29 heavy (non-hydrogen) atoms. The highest BCUT2D eigenvalue weighted by Crippen LogP contribution is 2.30. The number of aldehydes is 1. The highest BCUT2D eigenvalue weighted by atomic mass is 19.1. The molecule has 0 spiro atoms. The van der Waals surface area contributed by atoms with Gasteiger partial charge in [0, 0.05) is 28.9 Å². The van der Waals surface area contributed by atoms with Crippen molar-refractivity contribution in [2.45, 2.75) is 0 Å². The maximum Gasteiger partial charge on any atom is 0.201 e. The quantitative estimate of drug-likeness (QED) is 0.277. The molecule has 0 aliphatic carbocycles. The van der Waals surface area contributed by atoms with Crippen LogP contribution in [0.5, 0.6) is 5.75 Å². The summed E-state index contributed by atoms with van der Waals surface area (Å²) in [5, 5.41) is 10.2. The average molecular weight is 393 g/mol. The number of aromatic hydroxyl groups is 1. The van der Waals surface area contributed by atoms with Crippen LogP contribution >= 0.6 is 0 Å². The summed E-state index contributed by atoms with van der Waals surface area (Å²) in [6.07, 6.45) is 3.35. The Hall–Kier alpha value is -4.07. The van der Waals surface area contributed by atoms with Crippen LogP contribution in [0.1, 0.15) is 26.3 Å². The van der Waals surface area contributed by atoms with Crippen LogP contribution in [0.3, 0.4) is 0 Å². The van der Waals surface area contributed by atoms with Gasteiger partial charge >= 0.3 is 0 Å². The molecule has 0 aliphatic rings. The average Bonchev–Trinajstić information content (AvgIpc) is 3.14. The van der Waals surface area contributed by atoms with E-state index in [9.17, 15) is 23.5 Å². The van der Waals surface area contributed by atoms with Crippen molar-refractivity contribution in [3.8, 4) is 16.9 Å². The van der Waals surface area contributed by atoms with Crippen LogP contribution < -0.4 is 5.73 Å². The second-order valence-corrected chi connectivity index (χ2v) is 6.37. The minimum atomic E-state index is -1.12. The first kappa shape index (κ1) is 18.3. The van der Waals surface area contributed by atoms with Gasteiger partial charge in [0.2, 0.25) is 5.78 Å². The van der Waals surface area contributed by atoms with Crippen molar-refractivity contribution >= 4 is 28.8 Å². The lowest BCUT2D eigenvalue weighted by atomic mass is 9.99. The molecule has 0 saturated carbocycles. The first-order valence-corrected chi connectivity index (χ1v) is 8.44. The SMILES string of the molecule is Nc1ccc(F)c(C(=O)c2c[nH]c3ncc(-c4ccc(C=O)c(O)c4)cc23)c1F. The molecule has 144 valence electrons. The fourth-order valence-electron chi connectivity index (χ4n) is 3.08. The van der Waals surface area contributed by atoms with Gasteiger partial charge in [-0.2, -0.15) is 0 Å². The number of nitrogens with zero attached hydrogens (tertiary/aromatic N) is 1. The molecule has 0 fully saturated rings. The molecule has 2 aromatic carbocycles. The lowest BCUT2D eigenvalue weighted by molar-refractivity contribution is 0.103. The van der Waals surface area contributed by atoms with Crippen molar-refractivity contribution in [2.24, 2.45) is 0 Å². The predicted octanol–water partition coefficient (Wildman–Crippen LogP) is 3.84. The van der Waals surface area contributed by atoms with E-state index in [0.717, 1.165) is 12.1 Å². The number of anilines is 1. The van der Waals surface area contributed by atoms with Gasteiger partial charge in [0.1, 0.15) is 17.2 Å².